The summed E-state index contributed by atoms with van der Waals surface area (Å²) in [5.74, 6) is -0.424. The molecule has 0 radical (unpaired) electrons. The molecular weight excluding hydrogens is 777 g/mol. The second-order valence-electron chi connectivity index (χ2n) is 15.3. The Bertz CT molecular complexity index is 1260. The Morgan fingerprint density at radius 2 is 1.14 bits per heavy atom. The second kappa shape index (κ2) is 37.6. The normalized spacial score (nSPS) is 20.9. The van der Waals surface area contributed by atoms with E-state index in [1.165, 1.54) is 77.0 Å². The third-order valence-corrected chi connectivity index (χ3v) is 10.4. The Balaban J connectivity index is 2.49. The summed E-state index contributed by atoms with van der Waals surface area (Å²) in [5.41, 5.74) is 0. The predicted octanol–water partition coefficient (Wildman–Crippen LogP) is 9.35. The fourth-order valence-corrected chi connectivity index (χ4v) is 7.07. The molecule has 59 heavy (non-hydrogen) atoms. The highest BCUT2D eigenvalue weighted by atomic mass is 32.3. The monoisotopic (exact) mass is 857 g/mol. The van der Waals surface area contributed by atoms with Gasteiger partial charge in [-0.15, -0.1) is 0 Å². The van der Waals surface area contributed by atoms with Crippen molar-refractivity contribution in [2.75, 3.05) is 26.4 Å². The maximum Gasteiger partial charge on any atom is 0.397 e. The number of aliphatic hydroxyl groups is 3. The highest BCUT2D eigenvalue weighted by Gasteiger charge is 2.48. The zero-order valence-corrected chi connectivity index (χ0v) is 37.1. The van der Waals surface area contributed by atoms with E-state index in [-0.39, 0.29) is 19.6 Å². The van der Waals surface area contributed by atoms with Crippen LogP contribution in [0.4, 0.5) is 0 Å². The molecular formula is C46H80O12S. The third-order valence-electron chi connectivity index (χ3n) is 9.92. The molecule has 12 nitrogen and oxygen atoms in total. The Kier molecular flexibility index (Phi) is 34.9. The lowest BCUT2D eigenvalue weighted by Crippen LogP contribution is -2.60. The van der Waals surface area contributed by atoms with Gasteiger partial charge in [-0.1, -0.05) is 171 Å². The molecule has 0 saturated carbocycles. The first-order valence-electron chi connectivity index (χ1n) is 22.5. The predicted molar refractivity (Wildman–Crippen MR) is 234 cm³/mol. The van der Waals surface area contributed by atoms with Gasteiger partial charge in [0.25, 0.3) is 0 Å². The van der Waals surface area contributed by atoms with Crippen LogP contribution in [0.3, 0.4) is 0 Å². The van der Waals surface area contributed by atoms with Gasteiger partial charge in [0.2, 0.25) is 0 Å². The van der Waals surface area contributed by atoms with Crippen LogP contribution in [0.5, 0.6) is 0 Å². The summed E-state index contributed by atoms with van der Waals surface area (Å²) in [6, 6.07) is 0. The summed E-state index contributed by atoms with van der Waals surface area (Å²) >= 11 is 0. The van der Waals surface area contributed by atoms with Crippen molar-refractivity contribution in [1.29, 1.82) is 0 Å². The zero-order valence-electron chi connectivity index (χ0n) is 36.3. The number of carbonyl (C=O) groups excluding carboxylic acids is 1. The van der Waals surface area contributed by atoms with Crippen LogP contribution in [-0.4, -0.2) is 97.5 Å². The summed E-state index contributed by atoms with van der Waals surface area (Å²) in [6.07, 6.45) is 37.0. The van der Waals surface area contributed by atoms with Crippen molar-refractivity contribution >= 4 is 16.4 Å². The van der Waals surface area contributed by atoms with E-state index in [2.05, 4.69) is 66.6 Å². The van der Waals surface area contributed by atoms with Crippen molar-refractivity contribution < 1.29 is 56.2 Å². The van der Waals surface area contributed by atoms with E-state index < -0.39 is 59.8 Å². The molecule has 0 aromatic heterocycles. The molecule has 13 heteroatoms. The first kappa shape index (κ1) is 54.8. The van der Waals surface area contributed by atoms with E-state index in [0.29, 0.717) is 19.4 Å². The van der Waals surface area contributed by atoms with Gasteiger partial charge in [0.05, 0.1) is 26.4 Å². The number of carbonyl (C=O) groups is 1. The lowest BCUT2D eigenvalue weighted by Gasteiger charge is -2.41. The smallest absolute Gasteiger partial charge is 0.397 e. The van der Waals surface area contributed by atoms with Crippen molar-refractivity contribution in [2.24, 2.45) is 0 Å². The van der Waals surface area contributed by atoms with Gasteiger partial charge >= 0.3 is 16.4 Å². The van der Waals surface area contributed by atoms with Crippen LogP contribution >= 0.6 is 0 Å². The van der Waals surface area contributed by atoms with Gasteiger partial charge in [-0.25, -0.2) is 4.18 Å². The van der Waals surface area contributed by atoms with Gasteiger partial charge in [0, 0.05) is 6.42 Å². The molecule has 1 fully saturated rings. The standard InChI is InChI=1S/C46H80O12S/c1-3-5-7-9-11-13-15-17-19-21-23-25-27-29-31-33-35-42(48)56-40(39-55-46-44(50)45(58-59(51,52)53)43(49)41(37-47)57-46)38-54-36-34-32-30-28-26-24-22-20-18-16-14-12-10-8-6-4-2/h6,8,12,14,18,20,24,26,30,32,40-41,43-47,49-50H,3-5,7,9-11,13,15-17,19,21-23,25,27-29,31,33-39H2,1-2H3,(H,51,52,53)/b8-6-,14-12-,20-18-,26-24-,32-30-. The molecule has 0 aromatic rings. The summed E-state index contributed by atoms with van der Waals surface area (Å²) < 4.78 is 58.9. The van der Waals surface area contributed by atoms with Crippen LogP contribution in [0.1, 0.15) is 162 Å². The van der Waals surface area contributed by atoms with Crippen LogP contribution in [0.25, 0.3) is 0 Å². The molecule has 1 saturated heterocycles. The van der Waals surface area contributed by atoms with Gasteiger partial charge in [0.1, 0.15) is 30.5 Å². The number of esters is 1. The van der Waals surface area contributed by atoms with E-state index in [0.717, 1.165) is 51.4 Å². The van der Waals surface area contributed by atoms with E-state index in [1.807, 2.05) is 12.2 Å². The Morgan fingerprint density at radius 3 is 1.61 bits per heavy atom. The number of allylic oxidation sites excluding steroid dienone is 9. The summed E-state index contributed by atoms with van der Waals surface area (Å²) in [4.78, 5) is 12.8. The number of hydrogen-bond acceptors (Lipinski definition) is 11. The lowest BCUT2D eigenvalue weighted by atomic mass is 9.99. The van der Waals surface area contributed by atoms with Crippen LogP contribution in [-0.2, 0) is 38.3 Å². The van der Waals surface area contributed by atoms with Crippen molar-refractivity contribution in [3.8, 4) is 0 Å². The first-order valence-corrected chi connectivity index (χ1v) is 23.9. The zero-order chi connectivity index (χ0) is 43.2. The molecule has 6 unspecified atom stereocenters. The minimum Gasteiger partial charge on any atom is -0.457 e. The first-order chi connectivity index (χ1) is 28.6. The van der Waals surface area contributed by atoms with E-state index >= 15 is 0 Å². The maximum absolute atomic E-state index is 12.8. The summed E-state index contributed by atoms with van der Waals surface area (Å²) in [5, 5.41) is 30.6. The maximum atomic E-state index is 12.8. The fourth-order valence-electron chi connectivity index (χ4n) is 6.56. The molecule has 1 aliphatic heterocycles. The molecule has 0 spiro atoms. The van der Waals surface area contributed by atoms with Crippen molar-refractivity contribution in [1.82, 2.24) is 0 Å². The van der Waals surface area contributed by atoms with Crippen LogP contribution in [0.15, 0.2) is 60.8 Å². The van der Waals surface area contributed by atoms with E-state index in [9.17, 15) is 28.5 Å². The minimum absolute atomic E-state index is 0.0186. The van der Waals surface area contributed by atoms with Crippen molar-refractivity contribution in [2.45, 2.75) is 198 Å². The number of ether oxygens (including phenoxy) is 4. The highest BCUT2D eigenvalue weighted by Crippen LogP contribution is 2.26. The van der Waals surface area contributed by atoms with Gasteiger partial charge in [-0.05, 0) is 44.9 Å². The number of hydrogen-bond donors (Lipinski definition) is 4. The van der Waals surface area contributed by atoms with Gasteiger partial charge in [0.15, 0.2) is 6.29 Å². The Morgan fingerprint density at radius 1 is 0.661 bits per heavy atom. The minimum atomic E-state index is -5.07. The van der Waals surface area contributed by atoms with Gasteiger partial charge in [-0.2, -0.15) is 8.42 Å². The lowest BCUT2D eigenvalue weighted by molar-refractivity contribution is -0.301. The number of aliphatic hydroxyl groups excluding tert-OH is 3. The second-order valence-corrected chi connectivity index (χ2v) is 16.3. The summed E-state index contributed by atoms with van der Waals surface area (Å²) in [7, 11) is -5.07. The fraction of sp³-hybridized carbons (Fsp3) is 0.761. The quantitative estimate of drug-likeness (QED) is 0.0201. The van der Waals surface area contributed by atoms with E-state index in [4.69, 9.17) is 23.5 Å². The molecule has 1 heterocycles. The van der Waals surface area contributed by atoms with Gasteiger partial charge in [-0.3, -0.25) is 9.35 Å². The number of unbranched alkanes of at least 4 members (excludes halogenated alkanes) is 15. The molecule has 0 bridgehead atoms. The molecule has 342 valence electrons. The Hall–Kier alpha value is -2.20. The van der Waals surface area contributed by atoms with Gasteiger partial charge < -0.3 is 34.3 Å². The molecule has 0 aliphatic carbocycles. The molecule has 4 N–H and O–H groups in total. The molecule has 0 aromatic carbocycles. The SMILES string of the molecule is CC/C=C\C/C=C\C/C=C\C/C=C\C/C=C\CCOCC(COC1OC(CO)C(O)C(OS(=O)(=O)O)C1O)OC(=O)CCCCCCCCCCCCCCCCCC. The average molecular weight is 857 g/mol. The van der Waals surface area contributed by atoms with Crippen LogP contribution in [0.2, 0.25) is 0 Å². The largest absolute Gasteiger partial charge is 0.457 e. The Labute approximate surface area is 357 Å². The topological polar surface area (TPSA) is 178 Å². The summed E-state index contributed by atoms with van der Waals surface area (Å²) in [6.45, 7) is 3.65. The van der Waals surface area contributed by atoms with Crippen LogP contribution < -0.4 is 0 Å². The highest BCUT2D eigenvalue weighted by molar-refractivity contribution is 7.80. The van der Waals surface area contributed by atoms with Crippen molar-refractivity contribution in [3.63, 3.8) is 0 Å². The average Bonchev–Trinajstić information content (AvgIpc) is 3.20. The van der Waals surface area contributed by atoms with E-state index in [1.54, 1.807) is 0 Å². The molecule has 1 rings (SSSR count). The molecule has 6 atom stereocenters. The van der Waals surface area contributed by atoms with Crippen molar-refractivity contribution in [3.05, 3.63) is 60.8 Å². The third kappa shape index (κ3) is 31.3. The number of rotatable bonds is 38. The molecule has 1 aliphatic rings. The van der Waals surface area contributed by atoms with Crippen LogP contribution in [0, 0.1) is 0 Å². The molecule has 0 amide bonds.